The molecule has 2 aliphatic carbocycles. The zero-order valence-corrected chi connectivity index (χ0v) is 22.5. The van der Waals surface area contributed by atoms with Crippen LogP contribution in [0.4, 0.5) is 5.69 Å². The minimum atomic E-state index is -0.265. The molecule has 1 saturated carbocycles. The van der Waals surface area contributed by atoms with Crippen LogP contribution in [0.2, 0.25) is 0 Å². The lowest BCUT2D eigenvalue weighted by Gasteiger charge is -2.52. The van der Waals surface area contributed by atoms with Crippen molar-refractivity contribution < 1.29 is 0 Å². The number of hydrogen-bond donors (Lipinski definition) is 0. The molecule has 0 bridgehead atoms. The molecule has 0 heterocycles. The van der Waals surface area contributed by atoms with Gasteiger partial charge in [0.05, 0.1) is 0 Å². The van der Waals surface area contributed by atoms with Crippen LogP contribution in [0.1, 0.15) is 51.2 Å². The lowest BCUT2D eigenvalue weighted by Crippen LogP contribution is -2.46. The molecule has 1 fully saturated rings. The highest BCUT2D eigenvalue weighted by Crippen LogP contribution is 2.65. The van der Waals surface area contributed by atoms with Gasteiger partial charge in [-0.1, -0.05) is 50.2 Å². The Balaban J connectivity index is 1.88. The van der Waals surface area contributed by atoms with Gasteiger partial charge in [-0.15, -0.1) is 28.4 Å². The average Bonchev–Trinajstić information content (AvgIpc) is 3.08. The van der Waals surface area contributed by atoms with Gasteiger partial charge in [0.25, 0.3) is 0 Å². The van der Waals surface area contributed by atoms with Gasteiger partial charge in [0.1, 0.15) is 5.69 Å². The topological polar surface area (TPSA) is 78.2 Å². The summed E-state index contributed by atoms with van der Waals surface area (Å²) in [5.74, 6) is 0. The third kappa shape index (κ3) is 3.76. The van der Waals surface area contributed by atoms with Gasteiger partial charge in [-0.3, -0.25) is 0 Å². The standard InChI is InChI=1S/C28H30N4OS2/c1-26(2)13-27(3,16-30-32-29)15-28(14-26)20-9-7-6-8-17(20)25-19-11-24(35-5)23(34-4)10-18(19)22(31-33)12-21(25)28/h6-12H,13-16H2,1-5H3. The summed E-state index contributed by atoms with van der Waals surface area (Å²) in [6, 6.07) is 15.2. The monoisotopic (exact) mass is 502 g/mol. The molecule has 0 amide bonds. The fourth-order valence-electron chi connectivity index (χ4n) is 7.32. The summed E-state index contributed by atoms with van der Waals surface area (Å²) in [6.45, 7) is 7.35. The molecule has 3 aromatic rings. The molecule has 0 aliphatic heterocycles. The minimum absolute atomic E-state index is 0.0313. The highest BCUT2D eigenvalue weighted by molar-refractivity contribution is 8.01. The van der Waals surface area contributed by atoms with Gasteiger partial charge in [0, 0.05) is 32.0 Å². The molecule has 5 nitrogen and oxygen atoms in total. The number of benzene rings is 3. The van der Waals surface area contributed by atoms with E-state index in [1.807, 2.05) is 0 Å². The Morgan fingerprint density at radius 2 is 1.63 bits per heavy atom. The molecule has 2 atom stereocenters. The van der Waals surface area contributed by atoms with E-state index in [9.17, 15) is 4.91 Å². The van der Waals surface area contributed by atoms with Crippen LogP contribution >= 0.6 is 23.5 Å². The van der Waals surface area contributed by atoms with Gasteiger partial charge in [-0.05, 0) is 99.2 Å². The number of thioether (sulfide) groups is 2. The molecular weight excluding hydrogens is 472 g/mol. The number of azide groups is 1. The Bertz CT molecular complexity index is 1410. The van der Waals surface area contributed by atoms with Crippen LogP contribution in [-0.4, -0.2) is 19.1 Å². The first kappa shape index (κ1) is 24.2. The first-order valence-corrected chi connectivity index (χ1v) is 14.3. The first-order valence-electron chi connectivity index (χ1n) is 11.9. The summed E-state index contributed by atoms with van der Waals surface area (Å²) in [5, 5.41) is 9.59. The molecular formula is C28H30N4OS2. The summed E-state index contributed by atoms with van der Waals surface area (Å²) in [5.41, 5.74) is 14.2. The van der Waals surface area contributed by atoms with Crippen molar-refractivity contribution in [2.45, 2.75) is 55.2 Å². The van der Waals surface area contributed by atoms with Crippen molar-refractivity contribution in [2.75, 3.05) is 19.1 Å². The van der Waals surface area contributed by atoms with E-state index in [1.165, 1.54) is 27.1 Å². The molecule has 0 aromatic heterocycles. The number of nitroso groups, excluding NO2 is 1. The van der Waals surface area contributed by atoms with Crippen LogP contribution < -0.4 is 0 Å². The summed E-state index contributed by atoms with van der Waals surface area (Å²) < 4.78 is 0. The van der Waals surface area contributed by atoms with E-state index < -0.39 is 0 Å². The lowest BCUT2D eigenvalue weighted by atomic mass is 9.52. The van der Waals surface area contributed by atoms with Crippen molar-refractivity contribution in [3.63, 3.8) is 0 Å². The minimum Gasteiger partial charge on any atom is -0.145 e. The van der Waals surface area contributed by atoms with E-state index >= 15 is 0 Å². The summed E-state index contributed by atoms with van der Waals surface area (Å²) in [6.07, 6.45) is 7.00. The van der Waals surface area contributed by atoms with Gasteiger partial charge < -0.3 is 0 Å². The quantitative estimate of drug-likeness (QED) is 0.115. The molecule has 7 heteroatoms. The third-order valence-corrected chi connectivity index (χ3v) is 9.56. The average molecular weight is 503 g/mol. The van der Waals surface area contributed by atoms with E-state index in [4.69, 9.17) is 5.53 Å². The van der Waals surface area contributed by atoms with Crippen LogP contribution in [0.3, 0.4) is 0 Å². The fourth-order valence-corrected chi connectivity index (χ4v) is 8.81. The van der Waals surface area contributed by atoms with Crippen LogP contribution in [0.15, 0.2) is 62.5 Å². The maximum atomic E-state index is 12.2. The Morgan fingerprint density at radius 1 is 0.943 bits per heavy atom. The van der Waals surface area contributed by atoms with Gasteiger partial charge in [0.15, 0.2) is 0 Å². The van der Waals surface area contributed by atoms with Crippen molar-refractivity contribution >= 4 is 40.0 Å². The van der Waals surface area contributed by atoms with Crippen molar-refractivity contribution in [2.24, 2.45) is 21.1 Å². The van der Waals surface area contributed by atoms with Gasteiger partial charge in [-0.2, -0.15) is 0 Å². The third-order valence-electron chi connectivity index (χ3n) is 7.88. The molecule has 2 aliphatic rings. The zero-order valence-electron chi connectivity index (χ0n) is 20.9. The van der Waals surface area contributed by atoms with Gasteiger partial charge in [-0.25, -0.2) is 0 Å². The smallest absolute Gasteiger partial charge is 0.116 e. The van der Waals surface area contributed by atoms with Crippen LogP contribution in [-0.2, 0) is 5.41 Å². The zero-order chi connectivity index (χ0) is 25.0. The van der Waals surface area contributed by atoms with Crippen molar-refractivity contribution in [1.82, 2.24) is 0 Å². The van der Waals surface area contributed by atoms with Crippen molar-refractivity contribution in [1.29, 1.82) is 0 Å². The second kappa shape index (κ2) is 8.58. The van der Waals surface area contributed by atoms with E-state index in [0.717, 1.165) is 34.9 Å². The predicted octanol–water partition coefficient (Wildman–Crippen LogP) is 9.47. The molecule has 2 unspecified atom stereocenters. The van der Waals surface area contributed by atoms with Crippen molar-refractivity contribution in [3.8, 4) is 11.1 Å². The fraction of sp³-hybridized carbons (Fsp3) is 0.429. The first-order chi connectivity index (χ1) is 16.7. The summed E-state index contributed by atoms with van der Waals surface area (Å²) >= 11 is 3.43. The van der Waals surface area contributed by atoms with Gasteiger partial charge in [0.2, 0.25) is 0 Å². The largest absolute Gasteiger partial charge is 0.145 e. The Kier molecular flexibility index (Phi) is 5.94. The normalized spacial score (nSPS) is 24.1. The Labute approximate surface area is 215 Å². The SMILES string of the molecule is CSc1cc2c(N=O)cc3c(c2cc1SC)-c1ccccc1C31CC(C)(C)CC(C)(CN=[N+]=[N-])C1. The molecule has 0 radical (unpaired) electrons. The second-order valence-electron chi connectivity index (χ2n) is 11.2. The number of nitrogens with zero attached hydrogens (tertiary/aromatic N) is 4. The lowest BCUT2D eigenvalue weighted by molar-refractivity contribution is 0.0573. The predicted molar refractivity (Wildman–Crippen MR) is 149 cm³/mol. The maximum Gasteiger partial charge on any atom is 0.116 e. The van der Waals surface area contributed by atoms with Crippen LogP contribution in [0.25, 0.3) is 32.3 Å². The molecule has 5 rings (SSSR count). The summed E-state index contributed by atoms with van der Waals surface area (Å²) in [4.78, 5) is 17.7. The van der Waals surface area contributed by atoms with E-state index in [-0.39, 0.29) is 16.2 Å². The number of fused-ring (bicyclic) bond motifs is 7. The molecule has 3 aromatic carbocycles. The van der Waals surface area contributed by atoms with E-state index in [1.54, 1.807) is 23.5 Å². The number of rotatable bonds is 5. The Morgan fingerprint density at radius 3 is 2.29 bits per heavy atom. The second-order valence-corrected chi connectivity index (χ2v) is 12.9. The van der Waals surface area contributed by atoms with E-state index in [2.05, 4.69) is 91.0 Å². The highest BCUT2D eigenvalue weighted by atomic mass is 32.2. The van der Waals surface area contributed by atoms with Gasteiger partial charge >= 0.3 is 0 Å². The molecule has 0 saturated heterocycles. The highest BCUT2D eigenvalue weighted by Gasteiger charge is 2.54. The van der Waals surface area contributed by atoms with Crippen LogP contribution in [0, 0.1) is 15.7 Å². The van der Waals surface area contributed by atoms with Crippen molar-refractivity contribution in [3.05, 3.63) is 68.9 Å². The molecule has 0 N–H and O–H groups in total. The molecule has 35 heavy (non-hydrogen) atoms. The molecule has 1 spiro atoms. The number of hydrogen-bond acceptors (Lipinski definition) is 5. The van der Waals surface area contributed by atoms with Crippen LogP contribution in [0.5, 0.6) is 0 Å². The molecule has 180 valence electrons. The van der Waals surface area contributed by atoms with E-state index in [0.29, 0.717) is 12.2 Å². The maximum absolute atomic E-state index is 12.2. The summed E-state index contributed by atoms with van der Waals surface area (Å²) in [7, 11) is 0. The Hall–Kier alpha value is -2.47.